The highest BCUT2D eigenvalue weighted by Crippen LogP contribution is 2.39. The number of rotatable bonds is 6. The minimum Gasteiger partial charge on any atom is -0.373 e. The summed E-state index contributed by atoms with van der Waals surface area (Å²) in [6, 6.07) is 18.4. The zero-order valence-electron chi connectivity index (χ0n) is 14.1. The summed E-state index contributed by atoms with van der Waals surface area (Å²) < 4.78 is 0. The molecule has 3 nitrogen and oxygen atoms in total. The van der Waals surface area contributed by atoms with Gasteiger partial charge >= 0.3 is 0 Å². The quantitative estimate of drug-likeness (QED) is 0.800. The SMILES string of the molecule is CC(C(O)NC(=O)CCc1ccccc1)[C@@H]1CCc2ccccc21. The molecule has 3 heteroatoms. The molecule has 0 aliphatic heterocycles. The van der Waals surface area contributed by atoms with Crippen molar-refractivity contribution in [2.24, 2.45) is 5.92 Å². The van der Waals surface area contributed by atoms with E-state index in [0.29, 0.717) is 18.8 Å². The van der Waals surface area contributed by atoms with Gasteiger partial charge in [-0.15, -0.1) is 0 Å². The molecular formula is C21H25NO2. The topological polar surface area (TPSA) is 49.3 Å². The normalized spacial score (nSPS) is 18.7. The van der Waals surface area contributed by atoms with Crippen LogP contribution < -0.4 is 5.32 Å². The Morgan fingerprint density at radius 1 is 1.17 bits per heavy atom. The fourth-order valence-electron chi connectivity index (χ4n) is 3.63. The van der Waals surface area contributed by atoms with Crippen molar-refractivity contribution in [2.75, 3.05) is 0 Å². The fraction of sp³-hybridized carbons (Fsp3) is 0.381. The van der Waals surface area contributed by atoms with E-state index in [-0.39, 0.29) is 11.8 Å². The average Bonchev–Trinajstić information content (AvgIpc) is 3.04. The first-order valence-electron chi connectivity index (χ1n) is 8.74. The third-order valence-corrected chi connectivity index (χ3v) is 5.10. The van der Waals surface area contributed by atoms with E-state index in [4.69, 9.17) is 0 Å². The molecular weight excluding hydrogens is 298 g/mol. The second-order valence-electron chi connectivity index (χ2n) is 6.70. The van der Waals surface area contributed by atoms with E-state index in [1.807, 2.05) is 37.3 Å². The Balaban J connectivity index is 1.53. The summed E-state index contributed by atoms with van der Waals surface area (Å²) in [5.74, 6) is 0.226. The predicted octanol–water partition coefficient (Wildman–Crippen LogP) is 3.42. The maximum Gasteiger partial charge on any atom is 0.222 e. The highest BCUT2D eigenvalue weighted by Gasteiger charge is 2.31. The number of hydrogen-bond acceptors (Lipinski definition) is 2. The molecule has 1 amide bonds. The van der Waals surface area contributed by atoms with Gasteiger partial charge in [-0.25, -0.2) is 0 Å². The number of fused-ring (bicyclic) bond motifs is 1. The standard InChI is InChI=1S/C21H25NO2/c1-15(18-13-12-17-9-5-6-10-19(17)18)21(24)22-20(23)14-11-16-7-3-2-4-8-16/h2-10,15,18,21,24H,11-14H2,1H3,(H,22,23)/t15?,18-,21?/m0/s1. The molecule has 0 radical (unpaired) electrons. The number of hydrogen-bond donors (Lipinski definition) is 2. The van der Waals surface area contributed by atoms with Gasteiger partial charge in [-0.1, -0.05) is 61.5 Å². The Hall–Kier alpha value is -2.13. The van der Waals surface area contributed by atoms with Crippen LogP contribution in [0, 0.1) is 5.92 Å². The first-order chi connectivity index (χ1) is 11.6. The van der Waals surface area contributed by atoms with Crippen molar-refractivity contribution in [2.45, 2.75) is 44.8 Å². The van der Waals surface area contributed by atoms with Crippen molar-refractivity contribution < 1.29 is 9.90 Å². The lowest BCUT2D eigenvalue weighted by atomic mass is 9.87. The van der Waals surface area contributed by atoms with Crippen molar-refractivity contribution in [3.63, 3.8) is 0 Å². The molecule has 0 heterocycles. The molecule has 0 saturated carbocycles. The number of amides is 1. The van der Waals surface area contributed by atoms with Crippen LogP contribution in [0.25, 0.3) is 0 Å². The Morgan fingerprint density at radius 2 is 1.88 bits per heavy atom. The Kier molecular flexibility index (Phi) is 5.31. The van der Waals surface area contributed by atoms with Gasteiger partial charge in [0.2, 0.25) is 5.91 Å². The highest BCUT2D eigenvalue weighted by molar-refractivity contribution is 5.76. The molecule has 24 heavy (non-hydrogen) atoms. The molecule has 0 saturated heterocycles. The highest BCUT2D eigenvalue weighted by atomic mass is 16.3. The summed E-state index contributed by atoms with van der Waals surface area (Å²) in [5.41, 5.74) is 3.83. The predicted molar refractivity (Wildman–Crippen MR) is 95.6 cm³/mol. The summed E-state index contributed by atoms with van der Waals surface area (Å²) in [6.45, 7) is 2.02. The van der Waals surface area contributed by atoms with E-state index in [2.05, 4.69) is 29.6 Å². The molecule has 1 aliphatic rings. The molecule has 126 valence electrons. The van der Waals surface area contributed by atoms with E-state index in [1.165, 1.54) is 11.1 Å². The number of aryl methyl sites for hydroxylation is 2. The minimum atomic E-state index is -0.801. The number of benzene rings is 2. The number of aliphatic hydroxyl groups is 1. The number of nitrogens with one attached hydrogen (secondary N) is 1. The fourth-order valence-corrected chi connectivity index (χ4v) is 3.63. The van der Waals surface area contributed by atoms with E-state index in [0.717, 1.165) is 18.4 Å². The van der Waals surface area contributed by atoms with Gasteiger partial charge in [0.05, 0.1) is 0 Å². The summed E-state index contributed by atoms with van der Waals surface area (Å²) in [4.78, 5) is 12.1. The van der Waals surface area contributed by atoms with Crippen LogP contribution in [0.1, 0.15) is 42.4 Å². The summed E-state index contributed by atoms with van der Waals surface area (Å²) in [6.07, 6.45) is 2.39. The Bertz CT molecular complexity index is 683. The molecule has 2 aromatic rings. The van der Waals surface area contributed by atoms with Gasteiger partial charge in [-0.05, 0) is 41.9 Å². The Morgan fingerprint density at radius 3 is 2.67 bits per heavy atom. The van der Waals surface area contributed by atoms with Crippen LogP contribution in [0.4, 0.5) is 0 Å². The lowest BCUT2D eigenvalue weighted by Crippen LogP contribution is -2.41. The Labute approximate surface area is 143 Å². The van der Waals surface area contributed by atoms with Gasteiger partial charge in [0.15, 0.2) is 0 Å². The lowest BCUT2D eigenvalue weighted by molar-refractivity contribution is -0.125. The first-order valence-corrected chi connectivity index (χ1v) is 8.74. The molecule has 3 atom stereocenters. The van der Waals surface area contributed by atoms with Gasteiger partial charge in [-0.3, -0.25) is 4.79 Å². The number of carbonyl (C=O) groups excluding carboxylic acids is 1. The van der Waals surface area contributed by atoms with Crippen molar-refractivity contribution in [1.29, 1.82) is 0 Å². The van der Waals surface area contributed by atoms with Crippen LogP contribution in [0.15, 0.2) is 54.6 Å². The zero-order valence-corrected chi connectivity index (χ0v) is 14.1. The van der Waals surface area contributed by atoms with Gasteiger partial charge in [0, 0.05) is 12.3 Å². The monoisotopic (exact) mass is 323 g/mol. The third kappa shape index (κ3) is 3.85. The maximum absolute atomic E-state index is 12.1. The molecule has 2 N–H and O–H groups in total. The first kappa shape index (κ1) is 16.7. The molecule has 2 unspecified atom stereocenters. The van der Waals surface area contributed by atoms with Crippen molar-refractivity contribution in [3.05, 3.63) is 71.3 Å². The van der Waals surface area contributed by atoms with Crippen LogP contribution in [-0.2, 0) is 17.6 Å². The van der Waals surface area contributed by atoms with Crippen LogP contribution in [-0.4, -0.2) is 17.2 Å². The van der Waals surface area contributed by atoms with Crippen LogP contribution >= 0.6 is 0 Å². The summed E-state index contributed by atoms with van der Waals surface area (Å²) in [5, 5.41) is 13.2. The summed E-state index contributed by atoms with van der Waals surface area (Å²) >= 11 is 0. The largest absolute Gasteiger partial charge is 0.373 e. The second kappa shape index (κ2) is 7.63. The van der Waals surface area contributed by atoms with Crippen molar-refractivity contribution in [1.82, 2.24) is 5.32 Å². The number of carbonyl (C=O) groups is 1. The molecule has 0 spiro atoms. The molecule has 1 aliphatic carbocycles. The van der Waals surface area contributed by atoms with Crippen LogP contribution in [0.3, 0.4) is 0 Å². The molecule has 3 rings (SSSR count). The third-order valence-electron chi connectivity index (χ3n) is 5.10. The van der Waals surface area contributed by atoms with E-state index in [9.17, 15) is 9.90 Å². The minimum absolute atomic E-state index is 0.00863. The van der Waals surface area contributed by atoms with Crippen molar-refractivity contribution in [3.8, 4) is 0 Å². The van der Waals surface area contributed by atoms with E-state index in [1.54, 1.807) is 0 Å². The van der Waals surface area contributed by atoms with E-state index >= 15 is 0 Å². The lowest BCUT2D eigenvalue weighted by Gasteiger charge is -2.26. The van der Waals surface area contributed by atoms with Crippen molar-refractivity contribution >= 4 is 5.91 Å². The second-order valence-corrected chi connectivity index (χ2v) is 6.70. The van der Waals surface area contributed by atoms with Crippen LogP contribution in [0.5, 0.6) is 0 Å². The molecule has 0 fully saturated rings. The van der Waals surface area contributed by atoms with Gasteiger partial charge in [0.25, 0.3) is 0 Å². The maximum atomic E-state index is 12.1. The average molecular weight is 323 g/mol. The molecule has 0 bridgehead atoms. The van der Waals surface area contributed by atoms with Gasteiger partial charge in [0.1, 0.15) is 6.23 Å². The summed E-state index contributed by atoms with van der Waals surface area (Å²) in [7, 11) is 0. The van der Waals surface area contributed by atoms with Gasteiger partial charge in [-0.2, -0.15) is 0 Å². The molecule has 2 aromatic carbocycles. The smallest absolute Gasteiger partial charge is 0.222 e. The van der Waals surface area contributed by atoms with Crippen LogP contribution in [0.2, 0.25) is 0 Å². The number of aliphatic hydroxyl groups excluding tert-OH is 1. The zero-order chi connectivity index (χ0) is 16.9. The van der Waals surface area contributed by atoms with Gasteiger partial charge < -0.3 is 10.4 Å². The molecule has 0 aromatic heterocycles. The van der Waals surface area contributed by atoms with E-state index < -0.39 is 6.23 Å².